The molecule has 0 bridgehead atoms. The summed E-state index contributed by atoms with van der Waals surface area (Å²) in [7, 11) is 3.26. The van der Waals surface area contributed by atoms with Crippen LogP contribution in [0, 0.1) is 0 Å². The number of hydrogen-bond donors (Lipinski definition) is 0. The summed E-state index contributed by atoms with van der Waals surface area (Å²) in [6, 6.07) is 8.20. The normalized spacial score (nSPS) is 14.0. The smallest absolute Gasteiger partial charge is 0.275 e. The maximum absolute atomic E-state index is 6.72. The average Bonchev–Trinajstić information content (AvgIpc) is 3.34. The number of halogens is 3. The first-order valence-corrected chi connectivity index (χ1v) is 14.2. The van der Waals surface area contributed by atoms with Crippen LogP contribution < -0.4 is 23.5 Å². The number of aryl methyl sites for hydroxylation is 2. The minimum absolute atomic E-state index is 0.233. The van der Waals surface area contributed by atoms with Gasteiger partial charge in [-0.2, -0.15) is 4.57 Å². The fourth-order valence-electron chi connectivity index (χ4n) is 5.76. The van der Waals surface area contributed by atoms with Crippen molar-refractivity contribution in [2.24, 2.45) is 0 Å². The first kappa shape index (κ1) is 26.5. The van der Waals surface area contributed by atoms with Gasteiger partial charge in [0, 0.05) is 17.4 Å². The van der Waals surface area contributed by atoms with Gasteiger partial charge in [0.15, 0.2) is 29.5 Å². The van der Waals surface area contributed by atoms with E-state index in [1.807, 2.05) is 6.07 Å². The molecule has 5 nitrogen and oxygen atoms in total. The molecular formula is C29H33Cl3NO4+. The van der Waals surface area contributed by atoms with Gasteiger partial charge in [0.05, 0.1) is 25.2 Å². The number of methoxy groups -OCH3 is 2. The van der Waals surface area contributed by atoms with Gasteiger partial charge in [-0.25, -0.2) is 0 Å². The van der Waals surface area contributed by atoms with Crippen LogP contribution in [-0.4, -0.2) is 21.0 Å². The van der Waals surface area contributed by atoms with Crippen molar-refractivity contribution in [1.29, 1.82) is 0 Å². The Labute approximate surface area is 233 Å². The maximum atomic E-state index is 6.72. The lowest BCUT2D eigenvalue weighted by Gasteiger charge is -2.25. The van der Waals surface area contributed by atoms with Crippen molar-refractivity contribution in [1.82, 2.24) is 0 Å². The van der Waals surface area contributed by atoms with E-state index in [4.69, 9.17) is 53.8 Å². The molecule has 0 aliphatic carbocycles. The van der Waals surface area contributed by atoms with Crippen molar-refractivity contribution in [3.05, 3.63) is 41.1 Å². The van der Waals surface area contributed by atoms with Gasteiger partial charge >= 0.3 is 0 Å². The molecule has 0 spiro atoms. The number of alkyl halides is 3. The highest BCUT2D eigenvalue weighted by Gasteiger charge is 2.43. The fraction of sp³-hybridized carbons (Fsp3) is 0.483. The van der Waals surface area contributed by atoms with Gasteiger partial charge in [-0.05, 0) is 42.7 Å². The van der Waals surface area contributed by atoms with Crippen LogP contribution in [0.2, 0.25) is 0 Å². The lowest BCUT2D eigenvalue weighted by molar-refractivity contribution is -0.693. The van der Waals surface area contributed by atoms with E-state index in [-0.39, 0.29) is 6.79 Å². The van der Waals surface area contributed by atoms with Crippen LogP contribution in [0.5, 0.6) is 23.0 Å². The number of unbranched alkanes of at least 4 members (excludes halogenated alkanes) is 5. The molecule has 3 aromatic rings. The molecule has 0 fully saturated rings. The minimum Gasteiger partial charge on any atom is -0.493 e. The molecule has 1 aromatic heterocycles. The van der Waals surface area contributed by atoms with Gasteiger partial charge in [0.25, 0.3) is 3.79 Å². The molecule has 37 heavy (non-hydrogen) atoms. The van der Waals surface area contributed by atoms with Crippen LogP contribution >= 0.6 is 34.8 Å². The maximum Gasteiger partial charge on any atom is 0.275 e. The number of benzene rings is 2. The van der Waals surface area contributed by atoms with E-state index in [0.717, 1.165) is 52.8 Å². The molecule has 8 heteroatoms. The lowest BCUT2D eigenvalue weighted by Crippen LogP contribution is -2.47. The molecule has 0 radical (unpaired) electrons. The Hall–Kier alpha value is -2.08. The van der Waals surface area contributed by atoms with E-state index in [1.54, 1.807) is 14.2 Å². The van der Waals surface area contributed by atoms with Gasteiger partial charge in [-0.15, -0.1) is 0 Å². The molecule has 2 aliphatic heterocycles. The van der Waals surface area contributed by atoms with Crippen LogP contribution in [0.25, 0.3) is 22.0 Å². The Morgan fingerprint density at radius 1 is 0.946 bits per heavy atom. The molecule has 0 amide bonds. The molecule has 3 heterocycles. The zero-order valence-corrected chi connectivity index (χ0v) is 23.9. The van der Waals surface area contributed by atoms with E-state index >= 15 is 0 Å². The molecular weight excluding hydrogens is 533 g/mol. The average molecular weight is 566 g/mol. The molecule has 2 aliphatic rings. The first-order valence-electron chi connectivity index (χ1n) is 13.0. The SMILES string of the molecule is CCCCCCCCc1c2[n+](c(C(Cl)(Cl)Cl)c3c(OC)c(OC)ccc13)CCc1cc3c(cc1-2)OCO3. The number of ether oxygens (including phenoxy) is 4. The largest absolute Gasteiger partial charge is 0.493 e. The quantitative estimate of drug-likeness (QED) is 0.151. The zero-order valence-electron chi connectivity index (χ0n) is 21.6. The van der Waals surface area contributed by atoms with Gasteiger partial charge < -0.3 is 18.9 Å². The van der Waals surface area contributed by atoms with Gasteiger partial charge in [-0.3, -0.25) is 0 Å². The van der Waals surface area contributed by atoms with Crippen molar-refractivity contribution in [2.75, 3.05) is 21.0 Å². The summed E-state index contributed by atoms with van der Waals surface area (Å²) in [4.78, 5) is 0. The van der Waals surface area contributed by atoms with E-state index in [9.17, 15) is 0 Å². The molecule has 0 N–H and O–H groups in total. The summed E-state index contributed by atoms with van der Waals surface area (Å²) in [5.41, 5.74) is 5.21. The Bertz CT molecular complexity index is 1320. The lowest BCUT2D eigenvalue weighted by atomic mass is 9.87. The molecule has 0 saturated carbocycles. The third kappa shape index (κ3) is 4.91. The van der Waals surface area contributed by atoms with E-state index in [1.165, 1.54) is 43.2 Å². The standard InChI is InChI=1S/C29H33Cl3NO4/c1-4-5-6-7-8-9-10-20-19-11-12-22(34-2)27(35-3)25(19)28(29(30,31)32)33-14-13-18-15-23-24(37-17-36-23)16-21(18)26(20)33/h11-12,15-16H,4-10,13-14,17H2,1-3H3/q+1. The van der Waals surface area contributed by atoms with Gasteiger partial charge in [-0.1, -0.05) is 73.8 Å². The van der Waals surface area contributed by atoms with Crippen LogP contribution in [-0.2, 0) is 23.2 Å². The van der Waals surface area contributed by atoms with E-state index in [2.05, 4.69) is 29.7 Å². The second-order valence-corrected chi connectivity index (χ2v) is 12.0. The number of nitrogens with zero attached hydrogens (tertiary/aromatic N) is 1. The van der Waals surface area contributed by atoms with Crippen LogP contribution in [0.3, 0.4) is 0 Å². The van der Waals surface area contributed by atoms with Crippen molar-refractivity contribution in [3.8, 4) is 34.3 Å². The zero-order chi connectivity index (χ0) is 26.2. The Kier molecular flexibility index (Phi) is 7.86. The monoisotopic (exact) mass is 564 g/mol. The van der Waals surface area contributed by atoms with Gasteiger partial charge in [0.1, 0.15) is 0 Å². The highest BCUT2D eigenvalue weighted by Crippen LogP contribution is 2.50. The Balaban J connectivity index is 1.77. The van der Waals surface area contributed by atoms with Crippen molar-refractivity contribution in [2.45, 2.75) is 68.6 Å². The molecule has 198 valence electrons. The second kappa shape index (κ2) is 11.0. The summed E-state index contributed by atoms with van der Waals surface area (Å²) >= 11 is 20.1. The number of pyridine rings is 1. The highest BCUT2D eigenvalue weighted by atomic mass is 35.6. The molecule has 0 unspecified atom stereocenters. The molecule has 0 atom stereocenters. The van der Waals surface area contributed by atoms with Crippen molar-refractivity contribution >= 4 is 45.6 Å². The fourth-order valence-corrected chi connectivity index (χ4v) is 6.35. The predicted molar refractivity (Wildman–Crippen MR) is 149 cm³/mol. The topological polar surface area (TPSA) is 40.8 Å². The number of fused-ring (bicyclic) bond motifs is 5. The summed E-state index contributed by atoms with van der Waals surface area (Å²) in [6.07, 6.45) is 8.97. The highest BCUT2D eigenvalue weighted by molar-refractivity contribution is 6.67. The predicted octanol–water partition coefficient (Wildman–Crippen LogP) is 7.83. The first-order chi connectivity index (χ1) is 17.9. The third-order valence-electron chi connectivity index (χ3n) is 7.44. The Morgan fingerprint density at radius 2 is 1.68 bits per heavy atom. The molecule has 5 rings (SSSR count). The number of aromatic nitrogens is 1. The number of hydrogen-bond acceptors (Lipinski definition) is 4. The summed E-state index contributed by atoms with van der Waals surface area (Å²) < 4.78 is 23.5. The summed E-state index contributed by atoms with van der Waals surface area (Å²) in [6.45, 7) is 3.15. The van der Waals surface area contributed by atoms with Crippen LogP contribution in [0.15, 0.2) is 24.3 Å². The molecule has 2 aromatic carbocycles. The number of rotatable bonds is 9. The molecule has 0 saturated heterocycles. The van der Waals surface area contributed by atoms with E-state index < -0.39 is 3.79 Å². The van der Waals surface area contributed by atoms with Gasteiger partial charge in [0.2, 0.25) is 18.2 Å². The third-order valence-corrected chi connectivity index (χ3v) is 7.98. The summed E-state index contributed by atoms with van der Waals surface area (Å²) in [5.74, 6) is 2.73. The van der Waals surface area contributed by atoms with E-state index in [0.29, 0.717) is 23.7 Å². The van der Waals surface area contributed by atoms with Crippen molar-refractivity contribution < 1.29 is 23.5 Å². The second-order valence-electron chi connectivity index (χ2n) is 9.68. The summed E-state index contributed by atoms with van der Waals surface area (Å²) in [5, 5.41) is 1.81. The van der Waals surface area contributed by atoms with Crippen LogP contribution in [0.1, 0.15) is 62.3 Å². The van der Waals surface area contributed by atoms with Crippen molar-refractivity contribution in [3.63, 3.8) is 0 Å². The van der Waals surface area contributed by atoms with Crippen LogP contribution in [0.4, 0.5) is 0 Å². The Morgan fingerprint density at radius 3 is 2.38 bits per heavy atom. The minimum atomic E-state index is -1.68.